The third-order valence-electron chi connectivity index (χ3n) is 2.57. The third-order valence-corrected chi connectivity index (χ3v) is 3.39. The largest absolute Gasteiger partial charge is 0.306 e. The fourth-order valence-electron chi connectivity index (χ4n) is 1.66. The third kappa shape index (κ3) is 4.98. The molecule has 0 aliphatic carbocycles. The van der Waals surface area contributed by atoms with Gasteiger partial charge < -0.3 is 4.90 Å². The summed E-state index contributed by atoms with van der Waals surface area (Å²) >= 11 is 0. The first-order chi connectivity index (χ1) is 6.47. The highest BCUT2D eigenvalue weighted by Gasteiger charge is 2.15. The van der Waals surface area contributed by atoms with Gasteiger partial charge in [0, 0.05) is 16.1 Å². The molecule has 0 unspecified atom stereocenters. The van der Waals surface area contributed by atoms with E-state index in [9.17, 15) is 8.42 Å². The molecule has 0 radical (unpaired) electrons. The summed E-state index contributed by atoms with van der Waals surface area (Å²) in [4.78, 5) is 2.29. The van der Waals surface area contributed by atoms with E-state index in [2.05, 4.69) is 11.9 Å². The van der Waals surface area contributed by atoms with Crippen LogP contribution in [-0.4, -0.2) is 33.5 Å². The van der Waals surface area contributed by atoms with Gasteiger partial charge in [0.25, 0.3) is 9.05 Å². The molecule has 1 heterocycles. The number of piperidine rings is 1. The highest BCUT2D eigenvalue weighted by atomic mass is 35.7. The molecule has 5 heteroatoms. The molecule has 3 nitrogen and oxygen atoms in total. The van der Waals surface area contributed by atoms with Crippen LogP contribution in [-0.2, 0) is 9.05 Å². The maximum Gasteiger partial charge on any atom is 0.254 e. The van der Waals surface area contributed by atoms with Crippen LogP contribution in [0.3, 0.4) is 0 Å². The summed E-state index contributed by atoms with van der Waals surface area (Å²) < 4.78 is 21.2. The zero-order valence-electron chi connectivity index (χ0n) is 8.32. The summed E-state index contributed by atoms with van der Waals surface area (Å²) in [6.45, 7) is 2.21. The smallest absolute Gasteiger partial charge is 0.254 e. The van der Waals surface area contributed by atoms with E-state index >= 15 is 0 Å². The van der Waals surface area contributed by atoms with Gasteiger partial charge in [0.05, 0.1) is 0 Å². The Labute approximate surface area is 90.2 Å². The van der Waals surface area contributed by atoms with Gasteiger partial charge in [-0.1, -0.05) is 6.08 Å². The van der Waals surface area contributed by atoms with Gasteiger partial charge in [0.15, 0.2) is 0 Å². The summed E-state index contributed by atoms with van der Waals surface area (Å²) in [6.07, 6.45) is 4.77. The first-order valence-corrected chi connectivity index (χ1v) is 7.14. The Morgan fingerprint density at radius 2 is 2.00 bits per heavy atom. The van der Waals surface area contributed by atoms with Crippen molar-refractivity contribution in [1.29, 1.82) is 0 Å². The van der Waals surface area contributed by atoms with Crippen LogP contribution in [0.15, 0.2) is 11.5 Å². The molecule has 82 valence electrons. The van der Waals surface area contributed by atoms with Crippen molar-refractivity contribution in [3.8, 4) is 0 Å². The van der Waals surface area contributed by atoms with Gasteiger partial charge in [-0.25, -0.2) is 8.42 Å². The monoisotopic (exact) mass is 237 g/mol. The van der Waals surface area contributed by atoms with E-state index in [0.29, 0.717) is 5.92 Å². The SMILES string of the molecule is CN1CCC(C/C=C\S(=O)(=O)Cl)CC1. The summed E-state index contributed by atoms with van der Waals surface area (Å²) in [7, 11) is 3.70. The maximum absolute atomic E-state index is 10.6. The Kier molecular flexibility index (Phi) is 4.41. The number of hydrogen-bond donors (Lipinski definition) is 0. The predicted molar refractivity (Wildman–Crippen MR) is 58.8 cm³/mol. The lowest BCUT2D eigenvalue weighted by Gasteiger charge is -2.28. The fourth-order valence-corrected chi connectivity index (χ4v) is 2.22. The first-order valence-electron chi connectivity index (χ1n) is 4.77. The van der Waals surface area contributed by atoms with Crippen molar-refractivity contribution >= 4 is 19.7 Å². The molecule has 0 saturated carbocycles. The van der Waals surface area contributed by atoms with Crippen LogP contribution < -0.4 is 0 Å². The molecule has 0 aromatic carbocycles. The van der Waals surface area contributed by atoms with Gasteiger partial charge in [0.1, 0.15) is 0 Å². The summed E-state index contributed by atoms with van der Waals surface area (Å²) in [5.41, 5.74) is 0. The van der Waals surface area contributed by atoms with E-state index in [-0.39, 0.29) is 0 Å². The van der Waals surface area contributed by atoms with Gasteiger partial charge in [-0.05, 0) is 45.3 Å². The Hall–Kier alpha value is -0.0600. The van der Waals surface area contributed by atoms with E-state index in [1.807, 2.05) is 0 Å². The summed E-state index contributed by atoms with van der Waals surface area (Å²) in [6, 6.07) is 0. The molecule has 0 spiro atoms. The molecule has 1 fully saturated rings. The molecule has 0 N–H and O–H groups in total. The lowest BCUT2D eigenvalue weighted by molar-refractivity contribution is 0.221. The van der Waals surface area contributed by atoms with E-state index < -0.39 is 9.05 Å². The average Bonchev–Trinajstić information content (AvgIpc) is 2.06. The molecular weight excluding hydrogens is 222 g/mol. The molecule has 1 rings (SSSR count). The highest BCUT2D eigenvalue weighted by Crippen LogP contribution is 2.20. The van der Waals surface area contributed by atoms with E-state index in [4.69, 9.17) is 10.7 Å². The topological polar surface area (TPSA) is 37.4 Å². The average molecular weight is 238 g/mol. The first kappa shape index (κ1) is 12.0. The number of rotatable bonds is 3. The van der Waals surface area contributed by atoms with E-state index in [1.165, 1.54) is 0 Å². The van der Waals surface area contributed by atoms with Crippen molar-refractivity contribution in [2.75, 3.05) is 20.1 Å². The molecule has 0 atom stereocenters. The van der Waals surface area contributed by atoms with E-state index in [0.717, 1.165) is 37.8 Å². The minimum atomic E-state index is -3.45. The molecular formula is C9H16ClNO2S. The second-order valence-electron chi connectivity index (χ2n) is 3.83. The lowest BCUT2D eigenvalue weighted by atomic mass is 9.94. The molecule has 1 aliphatic rings. The Morgan fingerprint density at radius 3 is 2.50 bits per heavy atom. The van der Waals surface area contributed by atoms with Crippen molar-refractivity contribution in [2.24, 2.45) is 5.92 Å². The zero-order chi connectivity index (χ0) is 10.6. The Morgan fingerprint density at radius 1 is 1.43 bits per heavy atom. The van der Waals surface area contributed by atoms with Gasteiger partial charge in [0.2, 0.25) is 0 Å². The second-order valence-corrected chi connectivity index (χ2v) is 6.34. The minimum Gasteiger partial charge on any atom is -0.306 e. The van der Waals surface area contributed by atoms with Crippen LogP contribution in [0.2, 0.25) is 0 Å². The molecule has 14 heavy (non-hydrogen) atoms. The van der Waals surface area contributed by atoms with Gasteiger partial charge >= 0.3 is 0 Å². The van der Waals surface area contributed by atoms with E-state index in [1.54, 1.807) is 6.08 Å². The fraction of sp³-hybridized carbons (Fsp3) is 0.778. The van der Waals surface area contributed by atoms with Crippen LogP contribution in [0.1, 0.15) is 19.3 Å². The number of allylic oxidation sites excluding steroid dienone is 1. The van der Waals surface area contributed by atoms with Crippen LogP contribution in [0, 0.1) is 5.92 Å². The van der Waals surface area contributed by atoms with Crippen LogP contribution in [0.25, 0.3) is 0 Å². The predicted octanol–water partition coefficient (Wildman–Crippen LogP) is 1.80. The van der Waals surface area contributed by atoms with Crippen LogP contribution in [0.5, 0.6) is 0 Å². The number of nitrogens with zero attached hydrogens (tertiary/aromatic N) is 1. The molecule has 1 aliphatic heterocycles. The second kappa shape index (κ2) is 5.14. The Bertz CT molecular complexity index is 292. The molecule has 0 aromatic rings. The highest BCUT2D eigenvalue weighted by molar-refractivity contribution is 8.16. The van der Waals surface area contributed by atoms with Crippen LogP contribution >= 0.6 is 10.7 Å². The van der Waals surface area contributed by atoms with Crippen molar-refractivity contribution in [3.05, 3.63) is 11.5 Å². The molecule has 0 amide bonds. The zero-order valence-corrected chi connectivity index (χ0v) is 9.89. The molecule has 0 bridgehead atoms. The molecule has 1 saturated heterocycles. The van der Waals surface area contributed by atoms with Crippen molar-refractivity contribution in [1.82, 2.24) is 4.90 Å². The Balaban J connectivity index is 2.29. The van der Waals surface area contributed by atoms with Gasteiger partial charge in [-0.15, -0.1) is 0 Å². The van der Waals surface area contributed by atoms with Crippen LogP contribution in [0.4, 0.5) is 0 Å². The van der Waals surface area contributed by atoms with Crippen molar-refractivity contribution < 1.29 is 8.42 Å². The minimum absolute atomic E-state index is 0.612. The number of hydrogen-bond acceptors (Lipinski definition) is 3. The van der Waals surface area contributed by atoms with Crippen molar-refractivity contribution in [3.63, 3.8) is 0 Å². The van der Waals surface area contributed by atoms with Gasteiger partial charge in [-0.3, -0.25) is 0 Å². The lowest BCUT2D eigenvalue weighted by Crippen LogP contribution is -2.29. The van der Waals surface area contributed by atoms with Gasteiger partial charge in [-0.2, -0.15) is 0 Å². The number of halogens is 1. The summed E-state index contributed by atoms with van der Waals surface area (Å²) in [5.74, 6) is 0.612. The normalized spacial score (nSPS) is 21.9. The maximum atomic E-state index is 10.6. The van der Waals surface area contributed by atoms with Crippen molar-refractivity contribution in [2.45, 2.75) is 19.3 Å². The quantitative estimate of drug-likeness (QED) is 0.703. The summed E-state index contributed by atoms with van der Waals surface area (Å²) in [5, 5.41) is 1.09. The molecule has 0 aromatic heterocycles. The standard InChI is InChI=1S/C9H16ClNO2S/c1-11-6-4-9(5-7-11)3-2-8-14(10,12)13/h2,8-9H,3-7H2,1H3/b8-2-. The number of likely N-dealkylation sites (tertiary alicyclic amines) is 1.